The molecule has 1 aromatic heterocycles. The van der Waals surface area contributed by atoms with Gasteiger partial charge in [0.15, 0.2) is 0 Å². The van der Waals surface area contributed by atoms with Gasteiger partial charge in [0.2, 0.25) is 0 Å². The monoisotopic (exact) mass is 330 g/mol. The van der Waals surface area contributed by atoms with E-state index in [0.29, 0.717) is 53.9 Å². The number of aromatic hydroxyl groups is 1. The molecule has 3 aromatic rings. The van der Waals surface area contributed by atoms with Gasteiger partial charge in [-0.15, -0.1) is 0 Å². The maximum atomic E-state index is 12.2. The first-order valence-electron chi connectivity index (χ1n) is 7.59. The van der Waals surface area contributed by atoms with Crippen LogP contribution in [-0.4, -0.2) is 38.6 Å². The lowest BCUT2D eigenvalue weighted by Crippen LogP contribution is -2.10. The molecule has 0 saturated carbocycles. The molecular weight excluding hydrogens is 312 g/mol. The molecule has 0 aliphatic carbocycles. The molecule has 0 radical (unpaired) electrons. The van der Waals surface area contributed by atoms with Crippen molar-refractivity contribution in [2.24, 2.45) is 0 Å². The van der Waals surface area contributed by atoms with E-state index in [-0.39, 0.29) is 5.75 Å². The zero-order valence-corrected chi connectivity index (χ0v) is 13.3. The second-order valence-corrected chi connectivity index (χ2v) is 5.20. The minimum atomic E-state index is -0.468. The molecule has 0 amide bonds. The Morgan fingerprint density at radius 3 is 2.71 bits per heavy atom. The van der Waals surface area contributed by atoms with E-state index >= 15 is 0 Å². The molecule has 0 spiro atoms. The van der Waals surface area contributed by atoms with Crippen LogP contribution in [0.4, 0.5) is 0 Å². The van der Waals surface area contributed by atoms with Gasteiger partial charge in [-0.2, -0.15) is 0 Å². The fourth-order valence-electron chi connectivity index (χ4n) is 2.49. The van der Waals surface area contributed by atoms with Crippen LogP contribution in [-0.2, 0) is 9.47 Å². The lowest BCUT2D eigenvalue weighted by Gasteiger charge is -2.09. The Hall–Kier alpha value is -2.57. The maximum absolute atomic E-state index is 12.2. The molecule has 2 aromatic carbocycles. The van der Waals surface area contributed by atoms with Crippen molar-refractivity contribution >= 4 is 21.7 Å². The van der Waals surface area contributed by atoms with Crippen LogP contribution in [0.25, 0.3) is 21.7 Å². The van der Waals surface area contributed by atoms with Crippen molar-refractivity contribution < 1.29 is 23.7 Å². The number of rotatable bonds is 7. The van der Waals surface area contributed by atoms with Gasteiger partial charge in [-0.3, -0.25) is 0 Å². The molecule has 3 rings (SSSR count). The van der Waals surface area contributed by atoms with Gasteiger partial charge in [0, 0.05) is 12.5 Å². The molecule has 1 N–H and O–H groups in total. The SMILES string of the molecule is COCCOCCOc1ccc2c(c1)c(=O)oc1cccc(O)c12. The largest absolute Gasteiger partial charge is 0.507 e. The summed E-state index contributed by atoms with van der Waals surface area (Å²) in [7, 11) is 1.61. The zero-order valence-electron chi connectivity index (χ0n) is 13.3. The Morgan fingerprint density at radius 2 is 1.88 bits per heavy atom. The summed E-state index contributed by atoms with van der Waals surface area (Å²) in [4.78, 5) is 12.2. The summed E-state index contributed by atoms with van der Waals surface area (Å²) in [5.74, 6) is 0.612. The van der Waals surface area contributed by atoms with Crippen LogP contribution in [0, 0.1) is 0 Å². The normalized spacial score (nSPS) is 11.2. The van der Waals surface area contributed by atoms with Crippen molar-refractivity contribution in [1.29, 1.82) is 0 Å². The minimum Gasteiger partial charge on any atom is -0.507 e. The van der Waals surface area contributed by atoms with Gasteiger partial charge in [0.25, 0.3) is 0 Å². The summed E-state index contributed by atoms with van der Waals surface area (Å²) >= 11 is 0. The third-order valence-electron chi connectivity index (χ3n) is 3.62. The molecular formula is C18H18O6. The number of hydrogen-bond acceptors (Lipinski definition) is 6. The average molecular weight is 330 g/mol. The number of fused-ring (bicyclic) bond motifs is 3. The van der Waals surface area contributed by atoms with Crippen molar-refractivity contribution in [2.45, 2.75) is 0 Å². The van der Waals surface area contributed by atoms with E-state index in [2.05, 4.69) is 0 Å². The van der Waals surface area contributed by atoms with E-state index < -0.39 is 5.63 Å². The first-order valence-corrected chi connectivity index (χ1v) is 7.59. The molecule has 126 valence electrons. The highest BCUT2D eigenvalue weighted by atomic mass is 16.5. The summed E-state index contributed by atoms with van der Waals surface area (Å²) in [5.41, 5.74) is -0.113. The molecule has 0 bridgehead atoms. The van der Waals surface area contributed by atoms with Gasteiger partial charge in [-0.1, -0.05) is 6.07 Å². The van der Waals surface area contributed by atoms with Crippen LogP contribution >= 0.6 is 0 Å². The molecule has 0 aliphatic heterocycles. The number of ether oxygens (including phenoxy) is 3. The van der Waals surface area contributed by atoms with Crippen LogP contribution in [0.5, 0.6) is 11.5 Å². The quantitative estimate of drug-likeness (QED) is 0.408. The fraction of sp³-hybridized carbons (Fsp3) is 0.278. The summed E-state index contributed by atoms with van der Waals surface area (Å²) in [6.07, 6.45) is 0. The fourth-order valence-corrected chi connectivity index (χ4v) is 2.49. The third-order valence-corrected chi connectivity index (χ3v) is 3.62. The maximum Gasteiger partial charge on any atom is 0.344 e. The van der Waals surface area contributed by atoms with Crippen molar-refractivity contribution in [3.05, 3.63) is 46.8 Å². The second kappa shape index (κ2) is 7.33. The smallest absolute Gasteiger partial charge is 0.344 e. The first kappa shape index (κ1) is 16.3. The standard InChI is InChI=1S/C18H18O6/c1-21-7-8-22-9-10-23-12-5-6-13-14(11-12)18(20)24-16-4-2-3-15(19)17(13)16/h2-6,11,19H,7-10H2,1H3. The topological polar surface area (TPSA) is 78.1 Å². The average Bonchev–Trinajstić information content (AvgIpc) is 2.58. The Bertz CT molecular complexity index is 899. The number of phenolic OH excluding ortho intramolecular Hbond substituents is 1. The van der Waals surface area contributed by atoms with Crippen LogP contribution in [0.1, 0.15) is 0 Å². The summed E-state index contributed by atoms with van der Waals surface area (Å²) in [6, 6.07) is 9.95. The summed E-state index contributed by atoms with van der Waals surface area (Å²) < 4.78 is 21.1. The number of hydrogen-bond donors (Lipinski definition) is 1. The highest BCUT2D eigenvalue weighted by molar-refractivity contribution is 6.07. The van der Waals surface area contributed by atoms with Crippen molar-refractivity contribution in [1.82, 2.24) is 0 Å². The van der Waals surface area contributed by atoms with Crippen LogP contribution in [0.15, 0.2) is 45.6 Å². The predicted octanol–water partition coefficient (Wildman–Crippen LogP) is 2.69. The van der Waals surface area contributed by atoms with E-state index in [9.17, 15) is 9.90 Å². The van der Waals surface area contributed by atoms with Crippen molar-refractivity contribution in [3.8, 4) is 11.5 Å². The van der Waals surface area contributed by atoms with Gasteiger partial charge in [0.1, 0.15) is 23.7 Å². The molecule has 0 saturated heterocycles. The zero-order chi connectivity index (χ0) is 16.9. The summed E-state index contributed by atoms with van der Waals surface area (Å²) in [6.45, 7) is 1.83. The van der Waals surface area contributed by atoms with Gasteiger partial charge in [-0.05, 0) is 30.3 Å². The van der Waals surface area contributed by atoms with Crippen LogP contribution < -0.4 is 10.4 Å². The molecule has 0 unspecified atom stereocenters. The molecule has 0 aliphatic rings. The number of benzene rings is 2. The molecule has 6 heteroatoms. The third kappa shape index (κ3) is 3.34. The Labute approximate surface area is 138 Å². The molecule has 24 heavy (non-hydrogen) atoms. The molecule has 1 heterocycles. The van der Waals surface area contributed by atoms with Gasteiger partial charge < -0.3 is 23.7 Å². The van der Waals surface area contributed by atoms with Crippen LogP contribution in [0.3, 0.4) is 0 Å². The van der Waals surface area contributed by atoms with E-state index in [1.807, 2.05) is 0 Å². The van der Waals surface area contributed by atoms with Crippen LogP contribution in [0.2, 0.25) is 0 Å². The highest BCUT2D eigenvalue weighted by Crippen LogP contribution is 2.31. The lowest BCUT2D eigenvalue weighted by atomic mass is 10.1. The Morgan fingerprint density at radius 1 is 1.04 bits per heavy atom. The van der Waals surface area contributed by atoms with Gasteiger partial charge in [0.05, 0.1) is 30.6 Å². The van der Waals surface area contributed by atoms with E-state index in [4.69, 9.17) is 18.6 Å². The number of methoxy groups -OCH3 is 1. The summed E-state index contributed by atoms with van der Waals surface area (Å²) in [5, 5.41) is 11.6. The van der Waals surface area contributed by atoms with E-state index in [1.165, 1.54) is 0 Å². The molecule has 0 atom stereocenters. The second-order valence-electron chi connectivity index (χ2n) is 5.20. The van der Waals surface area contributed by atoms with E-state index in [1.54, 1.807) is 43.5 Å². The number of phenols is 1. The van der Waals surface area contributed by atoms with E-state index in [0.717, 1.165) is 0 Å². The lowest BCUT2D eigenvalue weighted by molar-refractivity contribution is 0.0544. The Balaban J connectivity index is 1.84. The van der Waals surface area contributed by atoms with Gasteiger partial charge >= 0.3 is 5.63 Å². The van der Waals surface area contributed by atoms with Crippen molar-refractivity contribution in [2.75, 3.05) is 33.5 Å². The van der Waals surface area contributed by atoms with Crippen molar-refractivity contribution in [3.63, 3.8) is 0 Å². The Kier molecular flexibility index (Phi) is 4.98. The molecule has 0 fully saturated rings. The minimum absolute atomic E-state index is 0.0708. The predicted molar refractivity (Wildman–Crippen MR) is 89.8 cm³/mol. The molecule has 6 nitrogen and oxygen atoms in total. The van der Waals surface area contributed by atoms with Gasteiger partial charge in [-0.25, -0.2) is 4.79 Å². The highest BCUT2D eigenvalue weighted by Gasteiger charge is 2.11. The first-order chi connectivity index (χ1) is 11.7.